The molecule has 2 aromatic rings. The van der Waals surface area contributed by atoms with Crippen LogP contribution in [0.15, 0.2) is 54.6 Å². The Morgan fingerprint density at radius 1 is 1.00 bits per heavy atom. The van der Waals surface area contributed by atoms with Crippen LogP contribution in [0.1, 0.15) is 53.5 Å². The van der Waals surface area contributed by atoms with Crippen LogP contribution in [-0.2, 0) is 27.1 Å². The Morgan fingerprint density at radius 2 is 1.57 bits per heavy atom. The van der Waals surface area contributed by atoms with E-state index in [1.807, 2.05) is 30.3 Å². The van der Waals surface area contributed by atoms with Gasteiger partial charge in [0, 0.05) is 13.0 Å². The van der Waals surface area contributed by atoms with Gasteiger partial charge in [-0.1, -0.05) is 53.6 Å². The number of carbonyl (C=O) groups is 4. The number of nitrogens with zero attached hydrogens (tertiary/aromatic N) is 1. The molecular formula is C27H33N3O6S. The lowest BCUT2D eigenvalue weighted by atomic mass is 10.1. The first-order chi connectivity index (χ1) is 17.5. The molecule has 0 fully saturated rings. The van der Waals surface area contributed by atoms with Gasteiger partial charge in [-0.15, -0.1) is 0 Å². The molecular weight excluding hydrogens is 494 g/mol. The Hall–Kier alpha value is -3.37. The molecule has 198 valence electrons. The van der Waals surface area contributed by atoms with Gasteiger partial charge >= 0.3 is 6.09 Å². The fourth-order valence-corrected chi connectivity index (χ4v) is 4.59. The molecule has 3 rings (SSSR count). The molecule has 9 nitrogen and oxygen atoms in total. The zero-order chi connectivity index (χ0) is 27.2. The van der Waals surface area contributed by atoms with Crippen molar-refractivity contribution in [1.82, 2.24) is 15.5 Å². The summed E-state index contributed by atoms with van der Waals surface area (Å²) < 4.78 is 17.2. The zero-order valence-corrected chi connectivity index (χ0v) is 22.3. The molecule has 0 bridgehead atoms. The smallest absolute Gasteiger partial charge is 0.407 e. The van der Waals surface area contributed by atoms with Gasteiger partial charge in [0.1, 0.15) is 17.4 Å². The molecule has 37 heavy (non-hydrogen) atoms. The van der Waals surface area contributed by atoms with Crippen molar-refractivity contribution in [2.75, 3.05) is 18.6 Å². The van der Waals surface area contributed by atoms with Crippen LogP contribution in [-0.4, -0.2) is 69.5 Å². The third kappa shape index (κ3) is 7.80. The van der Waals surface area contributed by atoms with Crippen molar-refractivity contribution in [1.29, 1.82) is 0 Å². The second-order valence-corrected chi connectivity index (χ2v) is 11.4. The number of benzene rings is 2. The lowest BCUT2D eigenvalue weighted by molar-refractivity contribution is -0.125. The molecule has 1 aliphatic rings. The van der Waals surface area contributed by atoms with Gasteiger partial charge in [-0.25, -0.2) is 4.79 Å². The highest BCUT2D eigenvalue weighted by Gasteiger charge is 2.43. The molecule has 0 spiro atoms. The van der Waals surface area contributed by atoms with Gasteiger partial charge in [0.25, 0.3) is 11.8 Å². The average Bonchev–Trinajstić information content (AvgIpc) is 3.07. The van der Waals surface area contributed by atoms with Crippen LogP contribution in [0, 0.1) is 0 Å². The Balaban J connectivity index is 1.76. The molecule has 4 amide bonds. The summed E-state index contributed by atoms with van der Waals surface area (Å²) >= 11 is -1.24. The van der Waals surface area contributed by atoms with Gasteiger partial charge in [0.2, 0.25) is 5.91 Å². The number of hydrogen-bond acceptors (Lipinski definition) is 6. The number of imide groups is 1. The highest BCUT2D eigenvalue weighted by molar-refractivity contribution is 7.90. The highest BCUT2D eigenvalue weighted by atomic mass is 32.2. The monoisotopic (exact) mass is 527 g/mol. The fourth-order valence-electron chi connectivity index (χ4n) is 4.03. The largest absolute Gasteiger partial charge is 0.617 e. The summed E-state index contributed by atoms with van der Waals surface area (Å²) in [5.74, 6) is -1.55. The number of amides is 4. The van der Waals surface area contributed by atoms with Crippen LogP contribution in [0.5, 0.6) is 0 Å². The van der Waals surface area contributed by atoms with Crippen molar-refractivity contribution in [3.8, 4) is 0 Å². The van der Waals surface area contributed by atoms with Crippen molar-refractivity contribution in [3.63, 3.8) is 0 Å². The molecule has 1 aliphatic heterocycles. The Labute approximate surface area is 220 Å². The van der Waals surface area contributed by atoms with Crippen LogP contribution in [0.2, 0.25) is 0 Å². The van der Waals surface area contributed by atoms with Crippen molar-refractivity contribution in [2.24, 2.45) is 0 Å². The number of carbonyl (C=O) groups excluding carboxylic acids is 4. The molecule has 2 N–H and O–H groups in total. The fraction of sp³-hybridized carbons (Fsp3) is 0.407. The number of rotatable bonds is 10. The van der Waals surface area contributed by atoms with Crippen LogP contribution >= 0.6 is 0 Å². The molecule has 1 heterocycles. The first-order valence-electron chi connectivity index (χ1n) is 12.0. The molecule has 10 heteroatoms. The number of ether oxygens (including phenoxy) is 1. The van der Waals surface area contributed by atoms with E-state index >= 15 is 0 Å². The summed E-state index contributed by atoms with van der Waals surface area (Å²) in [7, 11) is 0. The minimum atomic E-state index is -1.24. The molecule has 1 unspecified atom stereocenters. The van der Waals surface area contributed by atoms with Gasteiger partial charge < -0.3 is 19.9 Å². The van der Waals surface area contributed by atoms with Crippen molar-refractivity contribution >= 4 is 35.0 Å². The van der Waals surface area contributed by atoms with Crippen molar-refractivity contribution in [3.05, 3.63) is 71.3 Å². The van der Waals surface area contributed by atoms with Crippen LogP contribution in [0.3, 0.4) is 0 Å². The van der Waals surface area contributed by atoms with E-state index in [1.54, 1.807) is 45.0 Å². The third-order valence-electron chi connectivity index (χ3n) is 5.69. The van der Waals surface area contributed by atoms with Crippen LogP contribution < -0.4 is 10.6 Å². The number of alkyl carbamates (subject to hydrolysis) is 1. The summed E-state index contributed by atoms with van der Waals surface area (Å²) in [6.45, 7) is 5.29. The summed E-state index contributed by atoms with van der Waals surface area (Å²) in [4.78, 5) is 52.8. The number of fused-ring (bicyclic) bond motifs is 1. The molecule has 0 saturated carbocycles. The molecule has 0 aromatic heterocycles. The van der Waals surface area contributed by atoms with Gasteiger partial charge in [0.05, 0.1) is 23.4 Å². The van der Waals surface area contributed by atoms with Crippen molar-refractivity contribution in [2.45, 2.75) is 51.3 Å². The maximum absolute atomic E-state index is 13.4. The number of hydrogen-bond donors (Lipinski definition) is 2. The zero-order valence-electron chi connectivity index (χ0n) is 21.5. The van der Waals surface area contributed by atoms with E-state index in [1.165, 1.54) is 6.26 Å². The predicted molar refractivity (Wildman–Crippen MR) is 141 cm³/mol. The summed E-state index contributed by atoms with van der Waals surface area (Å²) in [5, 5.41) is 5.58. The lowest BCUT2D eigenvalue weighted by Crippen LogP contribution is -2.53. The van der Waals surface area contributed by atoms with E-state index in [9.17, 15) is 23.7 Å². The van der Waals surface area contributed by atoms with Crippen LogP contribution in [0.4, 0.5) is 4.79 Å². The first-order valence-corrected chi connectivity index (χ1v) is 13.8. The summed E-state index contributed by atoms with van der Waals surface area (Å²) in [5.41, 5.74) is 0.709. The van der Waals surface area contributed by atoms with Crippen LogP contribution in [0.25, 0.3) is 0 Å². The predicted octanol–water partition coefficient (Wildman–Crippen LogP) is 2.67. The minimum absolute atomic E-state index is 0.0296. The minimum Gasteiger partial charge on any atom is -0.617 e. The standard InChI is InChI=1S/C27H33N3O6S/c1-27(2,3)36-26(34)29-19(16-18-10-6-5-7-11-18)17-28-23(31)22(14-15-37(4)35)30-24(32)20-12-8-9-13-21(20)25(30)33/h5-13,19,22H,14-17H2,1-4H3,(H,28,31)(H,29,34)/t19-,22+,37?/m0/s1. The van der Waals surface area contributed by atoms with Gasteiger partial charge in [-0.2, -0.15) is 0 Å². The second-order valence-electron chi connectivity index (χ2n) is 9.89. The summed E-state index contributed by atoms with van der Waals surface area (Å²) in [6.07, 6.45) is 1.33. The maximum atomic E-state index is 13.4. The average molecular weight is 528 g/mol. The highest BCUT2D eigenvalue weighted by Crippen LogP contribution is 2.26. The molecule has 2 aromatic carbocycles. The first kappa shape index (κ1) is 28.2. The lowest BCUT2D eigenvalue weighted by Gasteiger charge is -2.27. The van der Waals surface area contributed by atoms with E-state index < -0.39 is 52.7 Å². The van der Waals surface area contributed by atoms with Gasteiger partial charge in [-0.3, -0.25) is 19.3 Å². The topological polar surface area (TPSA) is 128 Å². The normalized spacial score (nSPS) is 15.5. The molecule has 0 radical (unpaired) electrons. The van der Waals surface area contributed by atoms with E-state index in [2.05, 4.69) is 10.6 Å². The third-order valence-corrected chi connectivity index (χ3v) is 6.50. The Kier molecular flexibility index (Phi) is 9.34. The second kappa shape index (κ2) is 12.2. The SMILES string of the molecule is C[S+]([O-])CC[C@H](C(=O)NC[C@H](Cc1ccccc1)NC(=O)OC(C)(C)C)N1C(=O)c2ccccc2C1=O. The quantitative estimate of drug-likeness (QED) is 0.361. The van der Waals surface area contributed by atoms with Crippen molar-refractivity contribution < 1.29 is 28.5 Å². The van der Waals surface area contributed by atoms with Gasteiger partial charge in [-0.05, 0) is 44.9 Å². The van der Waals surface area contributed by atoms with Gasteiger partial charge in [0.15, 0.2) is 0 Å². The summed E-state index contributed by atoms with van der Waals surface area (Å²) in [6, 6.07) is 14.2. The van der Waals surface area contributed by atoms with E-state index in [-0.39, 0.29) is 29.8 Å². The van der Waals surface area contributed by atoms with E-state index in [0.717, 1.165) is 10.5 Å². The number of nitrogens with one attached hydrogen (secondary N) is 2. The Morgan fingerprint density at radius 3 is 2.11 bits per heavy atom. The molecule has 0 saturated heterocycles. The van der Waals surface area contributed by atoms with E-state index in [0.29, 0.717) is 6.42 Å². The molecule has 3 atom stereocenters. The van der Waals surface area contributed by atoms with E-state index in [4.69, 9.17) is 4.74 Å². The maximum Gasteiger partial charge on any atom is 0.407 e. The Bertz CT molecular complexity index is 1100. The molecule has 0 aliphatic carbocycles.